The van der Waals surface area contributed by atoms with Crippen molar-refractivity contribution in [2.45, 2.75) is 0 Å². The third-order valence-electron chi connectivity index (χ3n) is 5.25. The van der Waals surface area contributed by atoms with Crippen molar-refractivity contribution in [3.05, 3.63) is 127 Å². The first-order valence-corrected chi connectivity index (χ1v) is 11.6. The van der Waals surface area contributed by atoms with Crippen molar-refractivity contribution in [3.63, 3.8) is 0 Å². The minimum Gasteiger partial charge on any atom is -0.465 e. The molecule has 5 rings (SSSR count). The molecule has 9 nitrogen and oxygen atoms in total. The number of rotatable bonds is 8. The molecule has 0 saturated carbocycles. The smallest absolute Gasteiger partial charge is 0.336 e. The van der Waals surface area contributed by atoms with Gasteiger partial charge in [-0.05, 0) is 60.2 Å². The summed E-state index contributed by atoms with van der Waals surface area (Å²) in [5.74, 6) is 0.345. The summed E-state index contributed by atoms with van der Waals surface area (Å²) in [5.41, 5.74) is 4.74. The summed E-state index contributed by atoms with van der Waals surface area (Å²) in [7, 11) is 0. The molecular formula is C29H21N5O4. The van der Waals surface area contributed by atoms with Crippen molar-refractivity contribution >= 4 is 24.2 Å². The number of furan rings is 1. The van der Waals surface area contributed by atoms with Gasteiger partial charge in [-0.15, -0.1) is 5.10 Å². The van der Waals surface area contributed by atoms with Crippen molar-refractivity contribution in [1.29, 1.82) is 0 Å². The van der Waals surface area contributed by atoms with E-state index in [4.69, 9.17) is 9.15 Å². The Morgan fingerprint density at radius 3 is 2.34 bits per heavy atom. The largest absolute Gasteiger partial charge is 0.465 e. The number of aromatic nitrogens is 3. The van der Waals surface area contributed by atoms with E-state index >= 15 is 0 Å². The second-order valence-corrected chi connectivity index (χ2v) is 7.91. The number of nitrogens with zero attached hydrogens (tertiary/aromatic N) is 4. The van der Waals surface area contributed by atoms with Crippen LogP contribution >= 0.6 is 0 Å². The summed E-state index contributed by atoms with van der Waals surface area (Å²) in [6.45, 7) is 0. The normalized spacial score (nSPS) is 11.2. The van der Waals surface area contributed by atoms with Crippen molar-refractivity contribution in [2.75, 3.05) is 0 Å². The van der Waals surface area contributed by atoms with Gasteiger partial charge in [-0.2, -0.15) is 5.10 Å². The van der Waals surface area contributed by atoms with Gasteiger partial charge in [-0.25, -0.2) is 19.9 Å². The molecule has 0 radical (unpaired) electrons. The van der Waals surface area contributed by atoms with Gasteiger partial charge < -0.3 is 9.15 Å². The molecule has 2 aromatic heterocycles. The van der Waals surface area contributed by atoms with Crippen molar-refractivity contribution in [1.82, 2.24) is 20.2 Å². The number of benzene rings is 3. The molecule has 0 fully saturated rings. The number of carbonyl (C=O) groups excluding carboxylic acids is 2. The van der Waals surface area contributed by atoms with E-state index in [-0.39, 0.29) is 5.82 Å². The number of ether oxygens (including phenoxy) is 1. The minimum atomic E-state index is -0.554. The Hall–Kier alpha value is -5.57. The van der Waals surface area contributed by atoms with E-state index in [0.717, 1.165) is 11.3 Å². The maximum absolute atomic E-state index is 12.8. The van der Waals surface area contributed by atoms with Crippen LogP contribution in [0.15, 0.2) is 119 Å². The Balaban J connectivity index is 1.23. The molecule has 38 heavy (non-hydrogen) atoms. The number of para-hydroxylation sites is 1. The Morgan fingerprint density at radius 1 is 0.895 bits per heavy atom. The fourth-order valence-corrected chi connectivity index (χ4v) is 3.46. The highest BCUT2D eigenvalue weighted by Crippen LogP contribution is 2.21. The van der Waals surface area contributed by atoms with Gasteiger partial charge in [0.05, 0.1) is 18.2 Å². The van der Waals surface area contributed by atoms with Crippen LogP contribution in [0.25, 0.3) is 23.2 Å². The molecule has 1 amide bonds. The number of amides is 1. The number of esters is 1. The van der Waals surface area contributed by atoms with Crippen molar-refractivity contribution in [2.24, 2.45) is 5.10 Å². The summed E-state index contributed by atoms with van der Waals surface area (Å²) in [6, 6.07) is 29.1. The third kappa shape index (κ3) is 5.97. The van der Waals surface area contributed by atoms with E-state index in [1.165, 1.54) is 24.6 Å². The molecule has 2 heterocycles. The molecule has 1 N–H and O–H groups in total. The topological polar surface area (TPSA) is 112 Å². The molecular weight excluding hydrogens is 482 g/mol. The van der Waals surface area contributed by atoms with Crippen molar-refractivity contribution in [3.8, 4) is 22.8 Å². The van der Waals surface area contributed by atoms with Gasteiger partial charge in [0.2, 0.25) is 5.82 Å². The lowest BCUT2D eigenvalue weighted by molar-refractivity contribution is -0.128. The number of nitrogens with one attached hydrogen (secondary N) is 1. The number of hydrogen-bond donors (Lipinski definition) is 1. The fourth-order valence-electron chi connectivity index (χ4n) is 3.46. The first kappa shape index (κ1) is 24.1. The van der Waals surface area contributed by atoms with Gasteiger partial charge in [0, 0.05) is 11.6 Å². The monoisotopic (exact) mass is 503 g/mol. The SMILES string of the molecule is O=C(C=Cc1ccco1)Oc1ccc(C=NNC(=O)c2nc(-c3ccccc3)n(-c3ccccc3)n2)cc1. The van der Waals surface area contributed by atoms with Crippen LogP contribution in [0, 0.1) is 0 Å². The number of hydrogen-bond acceptors (Lipinski definition) is 7. The number of hydrazone groups is 1. The van der Waals surface area contributed by atoms with Gasteiger partial charge in [0.25, 0.3) is 0 Å². The fraction of sp³-hybridized carbons (Fsp3) is 0. The highest BCUT2D eigenvalue weighted by Gasteiger charge is 2.18. The average molecular weight is 504 g/mol. The van der Waals surface area contributed by atoms with Crippen molar-refractivity contribution < 1.29 is 18.7 Å². The van der Waals surface area contributed by atoms with Crippen LogP contribution in [0.4, 0.5) is 0 Å². The molecule has 0 spiro atoms. The highest BCUT2D eigenvalue weighted by molar-refractivity contribution is 5.92. The van der Waals surface area contributed by atoms with Crippen LogP contribution in [0.1, 0.15) is 21.9 Å². The minimum absolute atomic E-state index is 0.0188. The molecule has 9 heteroatoms. The predicted molar refractivity (Wildman–Crippen MR) is 142 cm³/mol. The van der Waals surface area contributed by atoms with Gasteiger partial charge in [0.1, 0.15) is 11.5 Å². The standard InChI is InChI=1S/C29H21N5O4/c35-26(18-17-24-12-7-19-37-24)38-25-15-13-21(14-16-25)20-30-32-29(36)27-31-28(22-8-3-1-4-9-22)34(33-27)23-10-5-2-6-11-23/h1-20H,(H,32,36). The molecule has 0 aliphatic rings. The van der Waals surface area contributed by atoms with Gasteiger partial charge >= 0.3 is 11.9 Å². The van der Waals surface area contributed by atoms with E-state index in [0.29, 0.717) is 22.9 Å². The van der Waals surface area contributed by atoms with E-state index < -0.39 is 11.9 Å². The molecule has 3 aromatic carbocycles. The second kappa shape index (κ2) is 11.4. The van der Waals surface area contributed by atoms with E-state index in [1.54, 1.807) is 41.1 Å². The third-order valence-corrected chi connectivity index (χ3v) is 5.25. The Morgan fingerprint density at radius 2 is 1.63 bits per heavy atom. The molecule has 0 saturated heterocycles. The van der Waals surface area contributed by atoms with E-state index in [1.807, 2.05) is 60.7 Å². The maximum atomic E-state index is 12.8. The van der Waals surface area contributed by atoms with Crippen LogP contribution in [0.2, 0.25) is 0 Å². The Labute approximate surface area is 217 Å². The molecule has 0 atom stereocenters. The molecule has 0 aliphatic heterocycles. The highest BCUT2D eigenvalue weighted by atomic mass is 16.5. The summed E-state index contributed by atoms with van der Waals surface area (Å²) >= 11 is 0. The summed E-state index contributed by atoms with van der Waals surface area (Å²) in [5, 5.41) is 8.42. The van der Waals surface area contributed by atoms with Crippen LogP contribution in [-0.4, -0.2) is 32.9 Å². The Bertz CT molecular complexity index is 1520. The zero-order valence-electron chi connectivity index (χ0n) is 20.0. The quantitative estimate of drug-likeness (QED) is 0.106. The zero-order valence-corrected chi connectivity index (χ0v) is 20.0. The van der Waals surface area contributed by atoms with Crippen LogP contribution < -0.4 is 10.2 Å². The lowest BCUT2D eigenvalue weighted by atomic mass is 10.2. The lowest BCUT2D eigenvalue weighted by Gasteiger charge is -2.05. The first-order valence-electron chi connectivity index (χ1n) is 11.6. The summed E-state index contributed by atoms with van der Waals surface area (Å²) in [4.78, 5) is 29.2. The predicted octanol–water partition coefficient (Wildman–Crippen LogP) is 4.91. The summed E-state index contributed by atoms with van der Waals surface area (Å²) < 4.78 is 12.0. The van der Waals surface area contributed by atoms with Gasteiger partial charge in [0.15, 0.2) is 5.82 Å². The first-order chi connectivity index (χ1) is 18.7. The van der Waals surface area contributed by atoms with Crippen LogP contribution in [0.3, 0.4) is 0 Å². The molecule has 0 unspecified atom stereocenters. The second-order valence-electron chi connectivity index (χ2n) is 7.91. The molecule has 186 valence electrons. The van der Waals surface area contributed by atoms with E-state index in [9.17, 15) is 9.59 Å². The van der Waals surface area contributed by atoms with E-state index in [2.05, 4.69) is 20.6 Å². The molecule has 0 aliphatic carbocycles. The van der Waals surface area contributed by atoms with Crippen LogP contribution in [-0.2, 0) is 4.79 Å². The maximum Gasteiger partial charge on any atom is 0.336 e. The van der Waals surface area contributed by atoms with Crippen LogP contribution in [0.5, 0.6) is 5.75 Å². The number of carbonyl (C=O) groups is 2. The summed E-state index contributed by atoms with van der Waals surface area (Å²) in [6.07, 6.45) is 5.78. The Kier molecular flexibility index (Phi) is 7.27. The van der Waals surface area contributed by atoms with Gasteiger partial charge in [-0.1, -0.05) is 48.5 Å². The molecule has 0 bridgehead atoms. The average Bonchev–Trinajstić information content (AvgIpc) is 3.65. The zero-order chi connectivity index (χ0) is 26.2. The van der Waals surface area contributed by atoms with Gasteiger partial charge in [-0.3, -0.25) is 4.79 Å². The lowest BCUT2D eigenvalue weighted by Crippen LogP contribution is -2.19. The molecule has 5 aromatic rings.